The lowest BCUT2D eigenvalue weighted by Crippen LogP contribution is -2.36. The molecule has 0 unspecified atom stereocenters. The SMILES string of the molecule is CCN(CC)C(=O)c1cc2cccnc2n(C)c1=O. The third kappa shape index (κ3) is 2.23. The van der Waals surface area contributed by atoms with Gasteiger partial charge in [-0.2, -0.15) is 0 Å². The van der Waals surface area contributed by atoms with Crippen LogP contribution in [0.3, 0.4) is 0 Å². The minimum Gasteiger partial charge on any atom is -0.339 e. The average molecular weight is 259 g/mol. The van der Waals surface area contributed by atoms with Gasteiger partial charge in [0.15, 0.2) is 0 Å². The number of hydrogen-bond donors (Lipinski definition) is 0. The van der Waals surface area contributed by atoms with Gasteiger partial charge in [0.1, 0.15) is 11.2 Å². The molecule has 2 heterocycles. The fraction of sp³-hybridized carbons (Fsp3) is 0.357. The van der Waals surface area contributed by atoms with Gasteiger partial charge in [0.25, 0.3) is 11.5 Å². The van der Waals surface area contributed by atoms with Crippen molar-refractivity contribution in [3.05, 3.63) is 40.3 Å². The van der Waals surface area contributed by atoms with Crippen LogP contribution in [0.2, 0.25) is 0 Å². The minimum atomic E-state index is -0.303. The van der Waals surface area contributed by atoms with E-state index in [1.165, 1.54) is 4.57 Å². The molecule has 0 bridgehead atoms. The van der Waals surface area contributed by atoms with Crippen LogP contribution < -0.4 is 5.56 Å². The molecule has 0 saturated carbocycles. The van der Waals surface area contributed by atoms with Crippen LogP contribution in [0.1, 0.15) is 24.2 Å². The molecule has 0 saturated heterocycles. The van der Waals surface area contributed by atoms with E-state index >= 15 is 0 Å². The maximum atomic E-state index is 12.3. The van der Waals surface area contributed by atoms with Gasteiger partial charge in [0.2, 0.25) is 0 Å². The predicted molar refractivity (Wildman–Crippen MR) is 74.2 cm³/mol. The molecule has 0 aliphatic rings. The van der Waals surface area contributed by atoms with Gasteiger partial charge in [-0.3, -0.25) is 14.2 Å². The second-order valence-electron chi connectivity index (χ2n) is 4.32. The van der Waals surface area contributed by atoms with Gasteiger partial charge >= 0.3 is 0 Å². The van der Waals surface area contributed by atoms with E-state index in [0.29, 0.717) is 18.7 Å². The van der Waals surface area contributed by atoms with Gasteiger partial charge in [0.05, 0.1) is 0 Å². The minimum absolute atomic E-state index is 0.201. The number of carbonyl (C=O) groups is 1. The van der Waals surface area contributed by atoms with Crippen LogP contribution in [0.25, 0.3) is 11.0 Å². The van der Waals surface area contributed by atoms with Crippen molar-refractivity contribution in [1.82, 2.24) is 14.5 Å². The van der Waals surface area contributed by atoms with Crippen molar-refractivity contribution < 1.29 is 4.79 Å². The standard InChI is InChI=1S/C14H17N3O2/c1-4-17(5-2)14(19)11-9-10-7-6-8-15-12(10)16(3)13(11)18/h6-9H,4-5H2,1-3H3. The summed E-state index contributed by atoms with van der Waals surface area (Å²) in [7, 11) is 1.64. The molecule has 1 amide bonds. The number of rotatable bonds is 3. The van der Waals surface area contributed by atoms with E-state index in [1.807, 2.05) is 19.9 Å². The quantitative estimate of drug-likeness (QED) is 0.837. The largest absolute Gasteiger partial charge is 0.339 e. The first-order valence-electron chi connectivity index (χ1n) is 6.34. The van der Waals surface area contributed by atoms with Crippen molar-refractivity contribution in [2.45, 2.75) is 13.8 Å². The molecule has 0 spiro atoms. The fourth-order valence-electron chi connectivity index (χ4n) is 2.13. The molecule has 0 atom stereocenters. The highest BCUT2D eigenvalue weighted by Gasteiger charge is 2.18. The van der Waals surface area contributed by atoms with Crippen molar-refractivity contribution in [2.75, 3.05) is 13.1 Å². The Morgan fingerprint density at radius 2 is 2.05 bits per heavy atom. The maximum Gasteiger partial charge on any atom is 0.264 e. The van der Waals surface area contributed by atoms with Gasteiger partial charge in [-0.15, -0.1) is 0 Å². The summed E-state index contributed by atoms with van der Waals surface area (Å²) in [4.78, 5) is 30.4. The van der Waals surface area contributed by atoms with Gasteiger partial charge in [0, 0.05) is 31.7 Å². The van der Waals surface area contributed by atoms with Crippen molar-refractivity contribution in [1.29, 1.82) is 0 Å². The summed E-state index contributed by atoms with van der Waals surface area (Å²) in [5, 5.41) is 0.792. The predicted octanol–water partition coefficient (Wildman–Crippen LogP) is 1.42. The van der Waals surface area contributed by atoms with Crippen LogP contribution in [-0.2, 0) is 7.05 Å². The van der Waals surface area contributed by atoms with E-state index < -0.39 is 0 Å². The van der Waals surface area contributed by atoms with Gasteiger partial charge in [-0.25, -0.2) is 4.98 Å². The number of pyridine rings is 2. The molecule has 0 radical (unpaired) electrons. The van der Waals surface area contributed by atoms with E-state index in [-0.39, 0.29) is 17.0 Å². The molecular formula is C14H17N3O2. The summed E-state index contributed by atoms with van der Waals surface area (Å²) >= 11 is 0. The maximum absolute atomic E-state index is 12.3. The summed E-state index contributed by atoms with van der Waals surface area (Å²) in [5.41, 5.74) is 0.485. The number of aryl methyl sites for hydroxylation is 1. The number of nitrogens with zero attached hydrogens (tertiary/aromatic N) is 3. The van der Waals surface area contributed by atoms with E-state index in [1.54, 1.807) is 30.3 Å². The summed E-state index contributed by atoms with van der Waals surface area (Å²) in [6.45, 7) is 4.97. The average Bonchev–Trinajstić information content (AvgIpc) is 2.44. The summed E-state index contributed by atoms with van der Waals surface area (Å²) in [6, 6.07) is 5.27. The first-order valence-corrected chi connectivity index (χ1v) is 6.34. The van der Waals surface area contributed by atoms with Gasteiger partial charge < -0.3 is 4.90 Å². The van der Waals surface area contributed by atoms with Crippen LogP contribution in [0.4, 0.5) is 0 Å². The Bertz CT molecular complexity index is 672. The van der Waals surface area contributed by atoms with Crippen LogP contribution in [-0.4, -0.2) is 33.4 Å². The molecule has 5 nitrogen and oxygen atoms in total. The van der Waals surface area contributed by atoms with E-state index in [4.69, 9.17) is 0 Å². The first-order chi connectivity index (χ1) is 9.10. The molecule has 5 heteroatoms. The zero-order valence-electron chi connectivity index (χ0n) is 11.4. The number of aromatic nitrogens is 2. The fourth-order valence-corrected chi connectivity index (χ4v) is 2.13. The van der Waals surface area contributed by atoms with Crippen molar-refractivity contribution in [3.8, 4) is 0 Å². The van der Waals surface area contributed by atoms with E-state index in [2.05, 4.69) is 4.98 Å². The number of amides is 1. The van der Waals surface area contributed by atoms with Crippen LogP contribution in [0.5, 0.6) is 0 Å². The van der Waals surface area contributed by atoms with Crippen molar-refractivity contribution >= 4 is 16.9 Å². The number of hydrogen-bond acceptors (Lipinski definition) is 3. The molecule has 0 aliphatic carbocycles. The van der Waals surface area contributed by atoms with Crippen LogP contribution in [0.15, 0.2) is 29.2 Å². The molecule has 2 aromatic heterocycles. The highest BCUT2D eigenvalue weighted by Crippen LogP contribution is 2.11. The van der Waals surface area contributed by atoms with E-state index in [0.717, 1.165) is 5.39 Å². The van der Waals surface area contributed by atoms with Crippen LogP contribution >= 0.6 is 0 Å². The molecule has 19 heavy (non-hydrogen) atoms. The Balaban J connectivity index is 2.65. The van der Waals surface area contributed by atoms with Gasteiger partial charge in [-0.1, -0.05) is 0 Å². The lowest BCUT2D eigenvalue weighted by molar-refractivity contribution is 0.0771. The Morgan fingerprint density at radius 1 is 1.37 bits per heavy atom. The molecular weight excluding hydrogens is 242 g/mol. The molecule has 2 rings (SSSR count). The molecule has 0 N–H and O–H groups in total. The topological polar surface area (TPSA) is 55.2 Å². The third-order valence-corrected chi connectivity index (χ3v) is 3.25. The van der Waals surface area contributed by atoms with E-state index in [9.17, 15) is 9.59 Å². The summed E-state index contributed by atoms with van der Waals surface area (Å²) in [5.74, 6) is -0.226. The first kappa shape index (κ1) is 13.3. The highest BCUT2D eigenvalue weighted by atomic mass is 16.2. The zero-order chi connectivity index (χ0) is 14.0. The van der Waals surface area contributed by atoms with Crippen LogP contribution in [0, 0.1) is 0 Å². The van der Waals surface area contributed by atoms with Crippen molar-refractivity contribution in [3.63, 3.8) is 0 Å². The number of fused-ring (bicyclic) bond motifs is 1. The van der Waals surface area contributed by atoms with Gasteiger partial charge in [-0.05, 0) is 32.0 Å². The molecule has 100 valence electrons. The summed E-state index contributed by atoms with van der Waals surface area (Å²) in [6.07, 6.45) is 1.63. The molecule has 0 aliphatic heterocycles. The normalized spacial score (nSPS) is 10.7. The second-order valence-corrected chi connectivity index (χ2v) is 4.32. The molecule has 0 aromatic carbocycles. The number of carbonyl (C=O) groups excluding carboxylic acids is 1. The molecule has 0 fully saturated rings. The Kier molecular flexibility index (Phi) is 3.64. The lowest BCUT2D eigenvalue weighted by Gasteiger charge is -2.18. The summed E-state index contributed by atoms with van der Waals surface area (Å²) < 4.78 is 1.42. The third-order valence-electron chi connectivity index (χ3n) is 3.25. The Morgan fingerprint density at radius 3 is 2.68 bits per heavy atom. The Labute approximate surface area is 111 Å². The lowest BCUT2D eigenvalue weighted by atomic mass is 10.2. The highest BCUT2D eigenvalue weighted by molar-refractivity contribution is 5.96. The zero-order valence-corrected chi connectivity index (χ0v) is 11.4. The monoisotopic (exact) mass is 259 g/mol. The van der Waals surface area contributed by atoms with Crippen molar-refractivity contribution in [2.24, 2.45) is 7.05 Å². The Hall–Kier alpha value is -2.17. The smallest absolute Gasteiger partial charge is 0.264 e. The second kappa shape index (κ2) is 5.22. The molecule has 2 aromatic rings.